The summed E-state index contributed by atoms with van der Waals surface area (Å²) < 4.78 is 5.45. The van der Waals surface area contributed by atoms with E-state index in [0.29, 0.717) is 6.04 Å². The van der Waals surface area contributed by atoms with Crippen LogP contribution >= 0.6 is 0 Å². The van der Waals surface area contributed by atoms with Gasteiger partial charge < -0.3 is 15.0 Å². The van der Waals surface area contributed by atoms with Gasteiger partial charge in [-0.25, -0.2) is 0 Å². The summed E-state index contributed by atoms with van der Waals surface area (Å²) in [7, 11) is 0. The van der Waals surface area contributed by atoms with Gasteiger partial charge in [0.15, 0.2) is 0 Å². The molecule has 1 atom stereocenters. The van der Waals surface area contributed by atoms with Crippen LogP contribution in [0.2, 0.25) is 0 Å². The number of hydrogen-bond donors (Lipinski definition) is 1. The quantitative estimate of drug-likeness (QED) is 0.879. The molecular weight excluding hydrogens is 264 g/mol. The number of nitrogens with one attached hydrogen (secondary N) is 1. The van der Waals surface area contributed by atoms with E-state index in [4.69, 9.17) is 4.74 Å². The standard InChI is InChI=1S/C16H26N4O/c1-2-17-12-14-11-15(3-5-18-14)20-6-4-16(13-20)19-7-9-21-10-8-19/h3,5,11,16-17H,2,4,6-10,12-13H2,1H3. The van der Waals surface area contributed by atoms with Gasteiger partial charge in [0.05, 0.1) is 18.9 Å². The lowest BCUT2D eigenvalue weighted by Crippen LogP contribution is -2.44. The number of morpholine rings is 1. The van der Waals surface area contributed by atoms with Crippen molar-refractivity contribution in [2.75, 3.05) is 50.8 Å². The molecule has 21 heavy (non-hydrogen) atoms. The van der Waals surface area contributed by atoms with Gasteiger partial charge in [0.2, 0.25) is 0 Å². The lowest BCUT2D eigenvalue weighted by atomic mass is 10.2. The van der Waals surface area contributed by atoms with Crippen molar-refractivity contribution >= 4 is 5.69 Å². The van der Waals surface area contributed by atoms with Crippen molar-refractivity contribution in [2.45, 2.75) is 25.9 Å². The zero-order valence-electron chi connectivity index (χ0n) is 12.9. The van der Waals surface area contributed by atoms with Gasteiger partial charge in [-0.1, -0.05) is 6.92 Å². The first-order valence-corrected chi connectivity index (χ1v) is 8.09. The Morgan fingerprint density at radius 3 is 3.00 bits per heavy atom. The van der Waals surface area contributed by atoms with E-state index < -0.39 is 0 Å². The van der Waals surface area contributed by atoms with E-state index in [0.717, 1.165) is 58.2 Å². The Labute approximate surface area is 127 Å². The first-order valence-electron chi connectivity index (χ1n) is 8.09. The van der Waals surface area contributed by atoms with Crippen LogP contribution in [0.15, 0.2) is 18.3 Å². The Morgan fingerprint density at radius 1 is 1.33 bits per heavy atom. The molecule has 0 aromatic carbocycles. The second-order valence-corrected chi connectivity index (χ2v) is 5.82. The summed E-state index contributed by atoms with van der Waals surface area (Å²) in [6, 6.07) is 5.04. The molecule has 0 saturated carbocycles. The van der Waals surface area contributed by atoms with Crippen molar-refractivity contribution in [2.24, 2.45) is 0 Å². The lowest BCUT2D eigenvalue weighted by Gasteiger charge is -2.32. The molecule has 0 amide bonds. The van der Waals surface area contributed by atoms with E-state index in [1.165, 1.54) is 12.1 Å². The average Bonchev–Trinajstić information content (AvgIpc) is 3.04. The Morgan fingerprint density at radius 2 is 2.19 bits per heavy atom. The minimum absolute atomic E-state index is 0.680. The third kappa shape index (κ3) is 3.73. The monoisotopic (exact) mass is 290 g/mol. The fourth-order valence-electron chi connectivity index (χ4n) is 3.23. The minimum atomic E-state index is 0.680. The molecule has 5 heteroatoms. The molecule has 116 valence electrons. The fraction of sp³-hybridized carbons (Fsp3) is 0.688. The molecule has 3 heterocycles. The van der Waals surface area contributed by atoms with Gasteiger partial charge in [-0.3, -0.25) is 9.88 Å². The number of ether oxygens (including phenoxy) is 1. The second kappa shape index (κ2) is 7.20. The van der Waals surface area contributed by atoms with Gasteiger partial charge in [-0.2, -0.15) is 0 Å². The Hall–Kier alpha value is -1.17. The van der Waals surface area contributed by atoms with Crippen molar-refractivity contribution in [3.8, 4) is 0 Å². The molecule has 3 rings (SSSR count). The van der Waals surface area contributed by atoms with Gasteiger partial charge >= 0.3 is 0 Å². The number of hydrogen-bond acceptors (Lipinski definition) is 5. The van der Waals surface area contributed by atoms with E-state index >= 15 is 0 Å². The number of pyridine rings is 1. The molecule has 2 saturated heterocycles. The van der Waals surface area contributed by atoms with E-state index in [1.54, 1.807) is 0 Å². The molecule has 0 aliphatic carbocycles. The molecule has 1 unspecified atom stereocenters. The van der Waals surface area contributed by atoms with Crippen LogP contribution in [0.4, 0.5) is 5.69 Å². The summed E-state index contributed by atoms with van der Waals surface area (Å²) in [5, 5.41) is 3.34. The number of nitrogens with zero attached hydrogens (tertiary/aromatic N) is 3. The van der Waals surface area contributed by atoms with Crippen LogP contribution in [-0.2, 0) is 11.3 Å². The van der Waals surface area contributed by atoms with Gasteiger partial charge in [0, 0.05) is 50.6 Å². The zero-order chi connectivity index (χ0) is 14.5. The van der Waals surface area contributed by atoms with Crippen molar-refractivity contribution in [1.29, 1.82) is 0 Å². The molecule has 2 fully saturated rings. The second-order valence-electron chi connectivity index (χ2n) is 5.82. The van der Waals surface area contributed by atoms with Gasteiger partial charge in [-0.15, -0.1) is 0 Å². The van der Waals surface area contributed by atoms with Crippen LogP contribution in [0, 0.1) is 0 Å². The molecule has 1 aromatic heterocycles. The zero-order valence-corrected chi connectivity index (χ0v) is 12.9. The van der Waals surface area contributed by atoms with Crippen molar-refractivity contribution in [3.63, 3.8) is 0 Å². The first-order chi connectivity index (χ1) is 10.4. The van der Waals surface area contributed by atoms with Crippen LogP contribution < -0.4 is 10.2 Å². The van der Waals surface area contributed by atoms with Gasteiger partial charge in [0.1, 0.15) is 0 Å². The highest BCUT2D eigenvalue weighted by molar-refractivity contribution is 5.47. The van der Waals surface area contributed by atoms with Crippen LogP contribution in [-0.4, -0.2) is 61.9 Å². The maximum atomic E-state index is 5.45. The summed E-state index contributed by atoms with van der Waals surface area (Å²) in [6.45, 7) is 10.2. The maximum Gasteiger partial charge on any atom is 0.0594 e. The van der Waals surface area contributed by atoms with E-state index in [9.17, 15) is 0 Å². The van der Waals surface area contributed by atoms with Crippen molar-refractivity contribution in [1.82, 2.24) is 15.2 Å². The highest BCUT2D eigenvalue weighted by atomic mass is 16.5. The summed E-state index contributed by atoms with van der Waals surface area (Å²) in [5.41, 5.74) is 2.44. The summed E-state index contributed by atoms with van der Waals surface area (Å²) in [6.07, 6.45) is 3.19. The topological polar surface area (TPSA) is 40.6 Å². The molecule has 5 nitrogen and oxygen atoms in total. The van der Waals surface area contributed by atoms with E-state index in [2.05, 4.69) is 39.2 Å². The Balaban J connectivity index is 1.60. The number of aromatic nitrogens is 1. The van der Waals surface area contributed by atoms with E-state index in [1.807, 2.05) is 6.20 Å². The fourth-order valence-corrected chi connectivity index (χ4v) is 3.23. The maximum absolute atomic E-state index is 5.45. The first kappa shape index (κ1) is 14.8. The number of rotatable bonds is 5. The highest BCUT2D eigenvalue weighted by Crippen LogP contribution is 2.23. The molecule has 1 aromatic rings. The summed E-state index contributed by atoms with van der Waals surface area (Å²) in [5.74, 6) is 0. The third-order valence-corrected chi connectivity index (χ3v) is 4.45. The molecule has 2 aliphatic heterocycles. The largest absolute Gasteiger partial charge is 0.379 e. The van der Waals surface area contributed by atoms with Crippen molar-refractivity contribution in [3.05, 3.63) is 24.0 Å². The van der Waals surface area contributed by atoms with Crippen LogP contribution in [0.3, 0.4) is 0 Å². The number of anilines is 1. The predicted octanol–water partition coefficient (Wildman–Crippen LogP) is 1.10. The Bertz CT molecular complexity index is 448. The van der Waals surface area contributed by atoms with E-state index in [-0.39, 0.29) is 0 Å². The predicted molar refractivity (Wildman–Crippen MR) is 84.6 cm³/mol. The molecule has 1 N–H and O–H groups in total. The average molecular weight is 290 g/mol. The minimum Gasteiger partial charge on any atom is -0.379 e. The summed E-state index contributed by atoms with van der Waals surface area (Å²) in [4.78, 5) is 9.53. The highest BCUT2D eigenvalue weighted by Gasteiger charge is 2.28. The lowest BCUT2D eigenvalue weighted by molar-refractivity contribution is 0.0209. The third-order valence-electron chi connectivity index (χ3n) is 4.45. The Kier molecular flexibility index (Phi) is 5.06. The SMILES string of the molecule is CCNCc1cc(N2CCC(N3CCOCC3)C2)ccn1. The van der Waals surface area contributed by atoms with Gasteiger partial charge in [-0.05, 0) is 25.1 Å². The normalized spacial score (nSPS) is 23.7. The van der Waals surface area contributed by atoms with Crippen LogP contribution in [0.1, 0.15) is 19.0 Å². The molecular formula is C16H26N4O. The van der Waals surface area contributed by atoms with Crippen LogP contribution in [0.25, 0.3) is 0 Å². The van der Waals surface area contributed by atoms with Crippen LogP contribution in [0.5, 0.6) is 0 Å². The summed E-state index contributed by atoms with van der Waals surface area (Å²) >= 11 is 0. The molecule has 0 radical (unpaired) electrons. The molecule has 0 bridgehead atoms. The van der Waals surface area contributed by atoms with Crippen molar-refractivity contribution < 1.29 is 4.74 Å². The molecule has 2 aliphatic rings. The smallest absolute Gasteiger partial charge is 0.0594 e. The molecule has 0 spiro atoms. The van der Waals surface area contributed by atoms with Gasteiger partial charge in [0.25, 0.3) is 0 Å².